The normalized spacial score (nSPS) is 11.0. The molecule has 0 bridgehead atoms. The van der Waals surface area contributed by atoms with E-state index in [-0.39, 0.29) is 0 Å². The molecule has 25 heavy (non-hydrogen) atoms. The Morgan fingerprint density at radius 1 is 1.16 bits per heavy atom. The molecule has 2 N–H and O–H groups in total. The minimum Gasteiger partial charge on any atom is -0.467 e. The highest BCUT2D eigenvalue weighted by molar-refractivity contribution is 6.30. The highest BCUT2D eigenvalue weighted by Gasteiger charge is 2.12. The molecule has 0 radical (unpaired) electrons. The summed E-state index contributed by atoms with van der Waals surface area (Å²) >= 11 is 5.94. The molecule has 0 saturated heterocycles. The summed E-state index contributed by atoms with van der Waals surface area (Å²) in [6, 6.07) is 11.2. The van der Waals surface area contributed by atoms with Crippen molar-refractivity contribution >= 4 is 40.1 Å². The Hall–Kier alpha value is -3.06. The molecule has 7 nitrogen and oxygen atoms in total. The van der Waals surface area contributed by atoms with E-state index in [0.717, 1.165) is 22.5 Å². The lowest BCUT2D eigenvalue weighted by molar-refractivity contribution is 0.517. The van der Waals surface area contributed by atoms with Gasteiger partial charge in [-0.1, -0.05) is 11.6 Å². The van der Waals surface area contributed by atoms with Crippen molar-refractivity contribution in [3.05, 3.63) is 59.6 Å². The molecule has 0 saturated carbocycles. The Bertz CT molecular complexity index is 994. The maximum Gasteiger partial charge on any atom is 0.227 e. The summed E-state index contributed by atoms with van der Waals surface area (Å²) in [5.41, 5.74) is 1.61. The van der Waals surface area contributed by atoms with Gasteiger partial charge in [0.15, 0.2) is 5.65 Å². The maximum absolute atomic E-state index is 5.94. The van der Waals surface area contributed by atoms with E-state index in [0.29, 0.717) is 23.3 Å². The highest BCUT2D eigenvalue weighted by atomic mass is 35.5. The van der Waals surface area contributed by atoms with Crippen LogP contribution in [-0.2, 0) is 13.6 Å². The van der Waals surface area contributed by atoms with Gasteiger partial charge in [-0.2, -0.15) is 15.1 Å². The van der Waals surface area contributed by atoms with Crippen molar-refractivity contribution < 1.29 is 4.42 Å². The maximum atomic E-state index is 5.94. The van der Waals surface area contributed by atoms with Crippen LogP contribution in [0.3, 0.4) is 0 Å². The van der Waals surface area contributed by atoms with Gasteiger partial charge in [-0.15, -0.1) is 0 Å². The van der Waals surface area contributed by atoms with Crippen LogP contribution in [0, 0.1) is 0 Å². The fourth-order valence-corrected chi connectivity index (χ4v) is 2.57. The summed E-state index contributed by atoms with van der Waals surface area (Å²) in [4.78, 5) is 9.10. The molecular weight excluding hydrogens is 340 g/mol. The predicted molar refractivity (Wildman–Crippen MR) is 97.1 cm³/mol. The van der Waals surface area contributed by atoms with Gasteiger partial charge in [-0.25, -0.2) is 0 Å². The zero-order chi connectivity index (χ0) is 17.2. The molecule has 0 aliphatic rings. The number of hydrogen-bond donors (Lipinski definition) is 2. The van der Waals surface area contributed by atoms with Crippen LogP contribution in [0.4, 0.5) is 17.5 Å². The molecule has 0 amide bonds. The SMILES string of the molecule is Cn1ncc2c(Nc3ccc(Cl)cc3)nc(NCc3ccco3)nc21. The van der Waals surface area contributed by atoms with Crippen molar-refractivity contribution in [2.75, 3.05) is 10.6 Å². The Labute approximate surface area is 148 Å². The van der Waals surface area contributed by atoms with Crippen molar-refractivity contribution in [2.45, 2.75) is 6.54 Å². The van der Waals surface area contributed by atoms with Gasteiger partial charge in [0, 0.05) is 17.8 Å². The molecule has 0 aliphatic heterocycles. The van der Waals surface area contributed by atoms with Crippen LogP contribution in [0.5, 0.6) is 0 Å². The third kappa shape index (κ3) is 3.27. The molecular formula is C17H15ClN6O. The zero-order valence-corrected chi connectivity index (χ0v) is 14.2. The molecule has 0 spiro atoms. The van der Waals surface area contributed by atoms with Gasteiger partial charge in [-0.05, 0) is 36.4 Å². The summed E-state index contributed by atoms with van der Waals surface area (Å²) in [5.74, 6) is 1.97. The number of aromatic nitrogens is 4. The van der Waals surface area contributed by atoms with Gasteiger partial charge in [0.2, 0.25) is 5.95 Å². The summed E-state index contributed by atoms with van der Waals surface area (Å²) < 4.78 is 7.04. The Kier molecular flexibility index (Phi) is 3.99. The van der Waals surface area contributed by atoms with Crippen LogP contribution in [0.25, 0.3) is 11.0 Å². The number of nitrogens with one attached hydrogen (secondary N) is 2. The minimum atomic E-state index is 0.490. The third-order valence-corrected chi connectivity index (χ3v) is 3.95. The molecule has 0 fully saturated rings. The number of nitrogens with zero attached hydrogens (tertiary/aromatic N) is 4. The van der Waals surface area contributed by atoms with Crippen molar-refractivity contribution in [1.82, 2.24) is 19.7 Å². The molecule has 1 aromatic carbocycles. The minimum absolute atomic E-state index is 0.490. The van der Waals surface area contributed by atoms with E-state index in [1.807, 2.05) is 43.4 Å². The number of furan rings is 1. The number of anilines is 3. The van der Waals surface area contributed by atoms with Gasteiger partial charge in [0.1, 0.15) is 11.6 Å². The summed E-state index contributed by atoms with van der Waals surface area (Å²) in [5, 5.41) is 12.3. The Morgan fingerprint density at radius 2 is 2.00 bits per heavy atom. The molecule has 3 heterocycles. The smallest absolute Gasteiger partial charge is 0.227 e. The number of rotatable bonds is 5. The van der Waals surface area contributed by atoms with Crippen molar-refractivity contribution in [2.24, 2.45) is 7.05 Å². The lowest BCUT2D eigenvalue weighted by Gasteiger charge is -2.10. The Morgan fingerprint density at radius 3 is 2.76 bits per heavy atom. The van der Waals surface area contributed by atoms with E-state index in [1.54, 1.807) is 17.1 Å². The number of hydrogen-bond acceptors (Lipinski definition) is 6. The standard InChI is InChI=1S/C17H15ClN6O/c1-24-16-14(10-20-24)15(21-12-6-4-11(18)5-7-12)22-17(23-16)19-9-13-3-2-8-25-13/h2-8,10H,9H2,1H3,(H2,19,21,22,23). The van der Waals surface area contributed by atoms with Crippen LogP contribution < -0.4 is 10.6 Å². The lowest BCUT2D eigenvalue weighted by atomic mass is 10.3. The summed E-state index contributed by atoms with van der Waals surface area (Å²) in [6.45, 7) is 0.497. The van der Waals surface area contributed by atoms with Gasteiger partial charge >= 0.3 is 0 Å². The molecule has 0 aliphatic carbocycles. The van der Waals surface area contributed by atoms with Gasteiger partial charge in [-0.3, -0.25) is 4.68 Å². The van der Waals surface area contributed by atoms with E-state index >= 15 is 0 Å². The molecule has 0 atom stereocenters. The van der Waals surface area contributed by atoms with Gasteiger partial charge in [0.05, 0.1) is 24.4 Å². The molecule has 4 aromatic rings. The topological polar surface area (TPSA) is 80.8 Å². The average molecular weight is 355 g/mol. The van der Waals surface area contributed by atoms with E-state index in [1.165, 1.54) is 0 Å². The van der Waals surface area contributed by atoms with E-state index < -0.39 is 0 Å². The zero-order valence-electron chi connectivity index (χ0n) is 13.4. The first-order valence-electron chi connectivity index (χ1n) is 7.67. The number of fused-ring (bicyclic) bond motifs is 1. The van der Waals surface area contributed by atoms with Crippen molar-refractivity contribution in [1.29, 1.82) is 0 Å². The molecule has 4 rings (SSSR count). The van der Waals surface area contributed by atoms with Crippen LogP contribution in [0.1, 0.15) is 5.76 Å². The largest absolute Gasteiger partial charge is 0.467 e. The Balaban J connectivity index is 1.67. The second kappa shape index (κ2) is 6.45. The average Bonchev–Trinajstić information content (AvgIpc) is 3.26. The summed E-state index contributed by atoms with van der Waals surface area (Å²) in [6.07, 6.45) is 3.37. The van der Waals surface area contributed by atoms with Crippen LogP contribution in [-0.4, -0.2) is 19.7 Å². The fraction of sp³-hybridized carbons (Fsp3) is 0.118. The van der Waals surface area contributed by atoms with Crippen molar-refractivity contribution in [3.63, 3.8) is 0 Å². The van der Waals surface area contributed by atoms with E-state index in [4.69, 9.17) is 16.0 Å². The third-order valence-electron chi connectivity index (χ3n) is 3.70. The molecule has 8 heteroatoms. The van der Waals surface area contributed by atoms with Crippen molar-refractivity contribution in [3.8, 4) is 0 Å². The monoisotopic (exact) mass is 354 g/mol. The highest BCUT2D eigenvalue weighted by Crippen LogP contribution is 2.25. The quantitative estimate of drug-likeness (QED) is 0.564. The van der Waals surface area contributed by atoms with Crippen LogP contribution >= 0.6 is 11.6 Å². The number of benzene rings is 1. The first kappa shape index (κ1) is 15.5. The van der Waals surface area contributed by atoms with E-state index in [2.05, 4.69) is 25.7 Å². The number of aryl methyl sites for hydroxylation is 1. The van der Waals surface area contributed by atoms with Gasteiger partial charge < -0.3 is 15.1 Å². The lowest BCUT2D eigenvalue weighted by Crippen LogP contribution is -2.06. The van der Waals surface area contributed by atoms with E-state index in [9.17, 15) is 0 Å². The molecule has 126 valence electrons. The molecule has 0 unspecified atom stereocenters. The second-order valence-electron chi connectivity index (χ2n) is 5.47. The number of halogens is 1. The second-order valence-corrected chi connectivity index (χ2v) is 5.90. The van der Waals surface area contributed by atoms with Crippen LogP contribution in [0.2, 0.25) is 5.02 Å². The first-order valence-corrected chi connectivity index (χ1v) is 8.05. The van der Waals surface area contributed by atoms with Gasteiger partial charge in [0.25, 0.3) is 0 Å². The predicted octanol–water partition coefficient (Wildman–Crippen LogP) is 3.97. The first-order chi connectivity index (χ1) is 12.2. The van der Waals surface area contributed by atoms with Crippen LogP contribution in [0.15, 0.2) is 53.3 Å². The summed E-state index contributed by atoms with van der Waals surface area (Å²) in [7, 11) is 1.84. The molecule has 3 aromatic heterocycles. The fourth-order valence-electron chi connectivity index (χ4n) is 2.45.